The molecule has 0 saturated heterocycles. The van der Waals surface area contributed by atoms with Gasteiger partial charge in [0, 0.05) is 43.5 Å². The summed E-state index contributed by atoms with van der Waals surface area (Å²) in [5, 5.41) is 8.57. The highest BCUT2D eigenvalue weighted by Crippen LogP contribution is 2.49. The van der Waals surface area contributed by atoms with Gasteiger partial charge in [-0.2, -0.15) is 0 Å². The SMILES string of the molecule is NSc1cc(NC(=O)[C@@H]2CC(F)(F)CC[C@H]2C2CCCC(F)(F)C2)ccn1. The van der Waals surface area contributed by atoms with Crippen LogP contribution in [0.4, 0.5) is 23.2 Å². The van der Waals surface area contributed by atoms with E-state index in [1.807, 2.05) is 0 Å². The molecule has 2 aliphatic rings. The zero-order valence-electron chi connectivity index (χ0n) is 14.8. The van der Waals surface area contributed by atoms with Crippen LogP contribution in [0.5, 0.6) is 0 Å². The molecule has 1 heterocycles. The van der Waals surface area contributed by atoms with Crippen LogP contribution in [0.25, 0.3) is 0 Å². The van der Waals surface area contributed by atoms with Gasteiger partial charge in [-0.05, 0) is 55.2 Å². The molecule has 0 aliphatic heterocycles. The van der Waals surface area contributed by atoms with Crippen LogP contribution >= 0.6 is 11.9 Å². The number of carbonyl (C=O) groups is 1. The third-order valence-electron chi connectivity index (χ3n) is 5.62. The highest BCUT2D eigenvalue weighted by molar-refractivity contribution is 7.97. The Kier molecular flexibility index (Phi) is 6.00. The van der Waals surface area contributed by atoms with Crippen molar-refractivity contribution < 1.29 is 22.4 Å². The number of nitrogens with one attached hydrogen (secondary N) is 1. The van der Waals surface area contributed by atoms with Gasteiger partial charge in [0.25, 0.3) is 0 Å². The third kappa shape index (κ3) is 5.13. The molecule has 0 spiro atoms. The predicted octanol–water partition coefficient (Wildman–Crippen LogP) is 4.86. The normalized spacial score (nSPS) is 29.9. The van der Waals surface area contributed by atoms with Crippen molar-refractivity contribution in [2.45, 2.75) is 61.8 Å². The number of aromatic nitrogens is 1. The van der Waals surface area contributed by atoms with E-state index in [1.54, 1.807) is 12.1 Å². The number of hydrogen-bond acceptors (Lipinski definition) is 4. The second-order valence-electron chi connectivity index (χ2n) is 7.57. The molecule has 0 bridgehead atoms. The second kappa shape index (κ2) is 7.95. The lowest BCUT2D eigenvalue weighted by Gasteiger charge is -2.42. The molecule has 3 atom stereocenters. The van der Waals surface area contributed by atoms with Gasteiger partial charge in [0.1, 0.15) is 5.03 Å². The third-order valence-corrected chi connectivity index (χ3v) is 6.09. The Morgan fingerprint density at radius 2 is 1.93 bits per heavy atom. The molecule has 0 aromatic carbocycles. The summed E-state index contributed by atoms with van der Waals surface area (Å²) in [5.41, 5.74) is 0.407. The molecule has 1 aromatic heterocycles. The van der Waals surface area contributed by atoms with Crippen molar-refractivity contribution in [2.24, 2.45) is 22.9 Å². The Hall–Kier alpha value is -1.35. The van der Waals surface area contributed by atoms with E-state index in [4.69, 9.17) is 5.14 Å². The van der Waals surface area contributed by atoms with E-state index >= 15 is 0 Å². The number of halogens is 4. The zero-order chi connectivity index (χ0) is 19.7. The van der Waals surface area contributed by atoms with Gasteiger partial charge in [-0.3, -0.25) is 9.93 Å². The Bertz CT molecular complexity index is 688. The summed E-state index contributed by atoms with van der Waals surface area (Å²) in [6.45, 7) is 0. The molecular formula is C18H23F4N3OS. The van der Waals surface area contributed by atoms with Crippen molar-refractivity contribution in [3.05, 3.63) is 18.3 Å². The summed E-state index contributed by atoms with van der Waals surface area (Å²) in [6.07, 6.45) is 1.02. The Balaban J connectivity index is 1.77. The fourth-order valence-corrected chi connectivity index (χ4v) is 4.68. The van der Waals surface area contributed by atoms with Gasteiger partial charge in [0.2, 0.25) is 17.8 Å². The highest BCUT2D eigenvalue weighted by atomic mass is 32.2. The Morgan fingerprint density at radius 1 is 1.19 bits per heavy atom. The average Bonchev–Trinajstić information content (AvgIpc) is 2.60. The molecular weight excluding hydrogens is 382 g/mol. The van der Waals surface area contributed by atoms with Crippen molar-refractivity contribution in [3.8, 4) is 0 Å². The average molecular weight is 405 g/mol. The van der Waals surface area contributed by atoms with E-state index in [1.165, 1.54) is 6.20 Å². The number of nitrogens with zero attached hydrogens (tertiary/aromatic N) is 1. The molecule has 2 fully saturated rings. The lowest BCUT2D eigenvalue weighted by atomic mass is 9.66. The topological polar surface area (TPSA) is 68.0 Å². The molecule has 1 amide bonds. The van der Waals surface area contributed by atoms with Gasteiger partial charge in [-0.25, -0.2) is 22.5 Å². The highest BCUT2D eigenvalue weighted by Gasteiger charge is 2.49. The van der Waals surface area contributed by atoms with Crippen LogP contribution in [-0.2, 0) is 4.79 Å². The van der Waals surface area contributed by atoms with Gasteiger partial charge < -0.3 is 5.32 Å². The maximum atomic E-state index is 14.0. The van der Waals surface area contributed by atoms with Crippen molar-refractivity contribution >= 4 is 23.5 Å². The second-order valence-corrected chi connectivity index (χ2v) is 8.23. The van der Waals surface area contributed by atoms with Gasteiger partial charge in [-0.15, -0.1) is 0 Å². The fraction of sp³-hybridized carbons (Fsp3) is 0.667. The van der Waals surface area contributed by atoms with Crippen LogP contribution in [0.3, 0.4) is 0 Å². The molecule has 4 nitrogen and oxygen atoms in total. The van der Waals surface area contributed by atoms with Gasteiger partial charge >= 0.3 is 0 Å². The van der Waals surface area contributed by atoms with E-state index < -0.39 is 41.9 Å². The predicted molar refractivity (Wildman–Crippen MR) is 95.6 cm³/mol. The summed E-state index contributed by atoms with van der Waals surface area (Å²) >= 11 is 0.903. The summed E-state index contributed by atoms with van der Waals surface area (Å²) in [5.74, 6) is -8.13. The first kappa shape index (κ1) is 20.4. The standard InChI is InChI=1S/C18H23F4N3OS/c19-17(20)5-1-2-11(9-17)13-3-6-18(21,22)10-14(13)16(26)25-12-4-7-24-15(8-12)27-23/h4,7-8,11,13-14H,1-3,5-6,9-10,23H2,(H,24,25,26)/t11?,13-,14+/m0/s1. The maximum Gasteiger partial charge on any atom is 0.248 e. The minimum atomic E-state index is -2.95. The van der Waals surface area contributed by atoms with Crippen LogP contribution in [0, 0.1) is 17.8 Å². The maximum absolute atomic E-state index is 14.0. The van der Waals surface area contributed by atoms with E-state index in [-0.39, 0.29) is 25.7 Å². The van der Waals surface area contributed by atoms with E-state index in [0.717, 1.165) is 11.9 Å². The van der Waals surface area contributed by atoms with Crippen LogP contribution in [0.1, 0.15) is 44.9 Å². The lowest BCUT2D eigenvalue weighted by molar-refractivity contribution is -0.138. The van der Waals surface area contributed by atoms with Crippen molar-refractivity contribution in [1.82, 2.24) is 4.98 Å². The van der Waals surface area contributed by atoms with E-state index in [9.17, 15) is 22.4 Å². The first-order chi connectivity index (χ1) is 12.7. The molecule has 0 radical (unpaired) electrons. The Labute approximate surface area is 159 Å². The monoisotopic (exact) mass is 405 g/mol. The number of nitrogens with two attached hydrogens (primary N) is 1. The van der Waals surface area contributed by atoms with Gasteiger partial charge in [0.15, 0.2) is 0 Å². The molecule has 1 aromatic rings. The van der Waals surface area contributed by atoms with E-state index in [0.29, 0.717) is 23.6 Å². The van der Waals surface area contributed by atoms with Crippen molar-refractivity contribution in [3.63, 3.8) is 0 Å². The lowest BCUT2D eigenvalue weighted by Crippen LogP contribution is -2.44. The minimum Gasteiger partial charge on any atom is -0.326 e. The number of hydrogen-bond donors (Lipinski definition) is 2. The number of rotatable bonds is 4. The Morgan fingerprint density at radius 3 is 2.63 bits per heavy atom. The molecule has 2 aliphatic carbocycles. The van der Waals surface area contributed by atoms with E-state index in [2.05, 4.69) is 10.3 Å². The number of amides is 1. The van der Waals surface area contributed by atoms with Gasteiger partial charge in [-0.1, -0.05) is 0 Å². The molecule has 2 saturated carbocycles. The summed E-state index contributed by atoms with van der Waals surface area (Å²) in [6, 6.07) is 3.09. The van der Waals surface area contributed by atoms with Crippen LogP contribution in [0.2, 0.25) is 0 Å². The first-order valence-electron chi connectivity index (χ1n) is 9.08. The smallest absolute Gasteiger partial charge is 0.248 e. The number of anilines is 1. The number of alkyl halides is 4. The van der Waals surface area contributed by atoms with Crippen molar-refractivity contribution in [2.75, 3.05) is 5.32 Å². The first-order valence-corrected chi connectivity index (χ1v) is 9.96. The number of pyridine rings is 1. The van der Waals surface area contributed by atoms with Gasteiger partial charge in [0.05, 0.1) is 0 Å². The van der Waals surface area contributed by atoms with Crippen LogP contribution < -0.4 is 10.5 Å². The number of carbonyl (C=O) groups excluding carboxylic acids is 1. The van der Waals surface area contributed by atoms with Crippen molar-refractivity contribution in [1.29, 1.82) is 0 Å². The molecule has 150 valence electrons. The summed E-state index contributed by atoms with van der Waals surface area (Å²) in [4.78, 5) is 16.8. The zero-order valence-corrected chi connectivity index (χ0v) is 15.6. The molecule has 3 N–H and O–H groups in total. The minimum absolute atomic E-state index is 0.0894. The molecule has 9 heteroatoms. The summed E-state index contributed by atoms with van der Waals surface area (Å²) < 4.78 is 55.7. The quantitative estimate of drug-likeness (QED) is 0.554. The fourth-order valence-electron chi connectivity index (χ4n) is 4.37. The largest absolute Gasteiger partial charge is 0.326 e. The van der Waals surface area contributed by atoms with Crippen LogP contribution in [0.15, 0.2) is 23.4 Å². The summed E-state index contributed by atoms with van der Waals surface area (Å²) in [7, 11) is 0. The molecule has 1 unspecified atom stereocenters. The molecule has 27 heavy (non-hydrogen) atoms. The molecule has 3 rings (SSSR count). The van der Waals surface area contributed by atoms with Crippen LogP contribution in [-0.4, -0.2) is 22.7 Å².